The Morgan fingerprint density at radius 1 is 1.41 bits per heavy atom. The number of nitrogens with two attached hydrogens (primary N) is 1. The van der Waals surface area contributed by atoms with Gasteiger partial charge in [0.05, 0.1) is 11.6 Å². The lowest BCUT2D eigenvalue weighted by Gasteiger charge is -2.46. The fourth-order valence-corrected chi connectivity index (χ4v) is 3.85. The van der Waals surface area contributed by atoms with Crippen molar-refractivity contribution >= 4 is 23.4 Å². The second kappa shape index (κ2) is 6.20. The molecule has 2 N–H and O–H groups in total. The average molecular weight is 323 g/mol. The Labute approximate surface area is 134 Å². The largest absolute Gasteiger partial charge is 0.369 e. The van der Waals surface area contributed by atoms with Gasteiger partial charge in [-0.25, -0.2) is 4.98 Å². The van der Waals surface area contributed by atoms with Crippen molar-refractivity contribution in [2.24, 2.45) is 17.6 Å². The number of fused-ring (bicyclic) bond motifs is 1. The summed E-state index contributed by atoms with van der Waals surface area (Å²) < 4.78 is 0. The molecule has 6 nitrogen and oxygen atoms in total. The zero-order valence-electron chi connectivity index (χ0n) is 12.2. The number of piperidine rings is 2. The van der Waals surface area contributed by atoms with Crippen molar-refractivity contribution in [1.29, 1.82) is 0 Å². The van der Waals surface area contributed by atoms with Crippen molar-refractivity contribution < 1.29 is 9.59 Å². The van der Waals surface area contributed by atoms with Crippen LogP contribution in [0, 0.1) is 11.8 Å². The van der Waals surface area contributed by atoms with Crippen LogP contribution in [-0.2, 0) is 16.0 Å². The van der Waals surface area contributed by atoms with E-state index in [-0.39, 0.29) is 29.7 Å². The number of halogens is 1. The lowest BCUT2D eigenvalue weighted by atomic mass is 9.76. The molecule has 22 heavy (non-hydrogen) atoms. The van der Waals surface area contributed by atoms with Crippen LogP contribution in [0.4, 0.5) is 0 Å². The van der Waals surface area contributed by atoms with Crippen LogP contribution in [0.1, 0.15) is 31.4 Å². The third-order valence-corrected chi connectivity index (χ3v) is 5.06. The minimum atomic E-state index is -0.341. The molecule has 2 saturated heterocycles. The first kappa shape index (κ1) is 15.2. The van der Waals surface area contributed by atoms with E-state index in [1.165, 1.54) is 0 Å². The first-order valence-corrected chi connectivity index (χ1v) is 7.98. The quantitative estimate of drug-likeness (QED) is 0.904. The van der Waals surface area contributed by atoms with Crippen molar-refractivity contribution in [1.82, 2.24) is 14.9 Å². The number of aromatic nitrogens is 2. The Balaban J connectivity index is 1.84. The summed E-state index contributed by atoms with van der Waals surface area (Å²) in [6.07, 6.45) is 6.86. The van der Waals surface area contributed by atoms with Crippen molar-refractivity contribution in [2.45, 2.75) is 38.1 Å². The molecule has 2 aliphatic heterocycles. The van der Waals surface area contributed by atoms with Gasteiger partial charge < -0.3 is 10.6 Å². The normalized spacial score (nSPS) is 28.3. The van der Waals surface area contributed by atoms with E-state index in [0.29, 0.717) is 31.0 Å². The number of primary amides is 1. The van der Waals surface area contributed by atoms with Gasteiger partial charge in [-0.15, -0.1) is 0 Å². The molecule has 2 aliphatic rings. The first-order chi connectivity index (χ1) is 10.6. The van der Waals surface area contributed by atoms with Crippen molar-refractivity contribution in [3.63, 3.8) is 0 Å². The van der Waals surface area contributed by atoms with E-state index in [9.17, 15) is 9.59 Å². The third-order valence-electron chi connectivity index (χ3n) is 4.74. The molecular weight excluding hydrogens is 304 g/mol. The van der Waals surface area contributed by atoms with Crippen LogP contribution in [0.25, 0.3) is 0 Å². The second-order valence-corrected chi connectivity index (χ2v) is 6.46. The van der Waals surface area contributed by atoms with Gasteiger partial charge in [0.25, 0.3) is 0 Å². The lowest BCUT2D eigenvalue weighted by molar-refractivity contribution is -0.144. The zero-order valence-corrected chi connectivity index (χ0v) is 13.0. The fraction of sp³-hybridized carbons (Fsp3) is 0.600. The summed E-state index contributed by atoms with van der Waals surface area (Å²) in [4.78, 5) is 34.0. The maximum Gasteiger partial charge on any atom is 0.222 e. The molecule has 0 saturated carbocycles. The van der Waals surface area contributed by atoms with Crippen molar-refractivity contribution in [3.8, 4) is 0 Å². The van der Waals surface area contributed by atoms with Crippen LogP contribution in [0.3, 0.4) is 0 Å². The Morgan fingerprint density at radius 3 is 2.91 bits per heavy atom. The monoisotopic (exact) mass is 322 g/mol. The number of hydrogen-bond donors (Lipinski definition) is 1. The standard InChI is InChI=1S/C15H19ClN4O2/c16-14-11(18-4-5-19-14)7-9-6-10(15(17)22)8-20-12(9)2-1-3-13(20)21/h4-5,9-10,12H,1-3,6-8H2,(H2,17,22). The Morgan fingerprint density at radius 2 is 2.18 bits per heavy atom. The molecule has 0 radical (unpaired) electrons. The smallest absolute Gasteiger partial charge is 0.222 e. The topological polar surface area (TPSA) is 89.2 Å². The molecule has 2 fully saturated rings. The Kier molecular flexibility index (Phi) is 4.29. The van der Waals surface area contributed by atoms with Gasteiger partial charge in [-0.2, -0.15) is 0 Å². The summed E-state index contributed by atoms with van der Waals surface area (Å²) in [5.41, 5.74) is 6.21. The van der Waals surface area contributed by atoms with Gasteiger partial charge in [0, 0.05) is 31.4 Å². The summed E-state index contributed by atoms with van der Waals surface area (Å²) in [6, 6.07) is 0.148. The van der Waals surface area contributed by atoms with Gasteiger partial charge in [0.15, 0.2) is 0 Å². The molecule has 0 aliphatic carbocycles. The molecule has 3 atom stereocenters. The zero-order chi connectivity index (χ0) is 15.7. The van der Waals surface area contributed by atoms with E-state index in [0.717, 1.165) is 18.5 Å². The van der Waals surface area contributed by atoms with Gasteiger partial charge in [-0.05, 0) is 31.6 Å². The molecule has 0 bridgehead atoms. The molecule has 118 valence electrons. The van der Waals surface area contributed by atoms with E-state index < -0.39 is 0 Å². The van der Waals surface area contributed by atoms with Crippen LogP contribution in [-0.4, -0.2) is 39.3 Å². The summed E-state index contributed by atoms with van der Waals surface area (Å²) in [7, 11) is 0. The van der Waals surface area contributed by atoms with Crippen LogP contribution in [0.15, 0.2) is 12.4 Å². The molecule has 7 heteroatoms. The fourth-order valence-electron chi connectivity index (χ4n) is 3.67. The van der Waals surface area contributed by atoms with E-state index in [2.05, 4.69) is 9.97 Å². The van der Waals surface area contributed by atoms with Crippen LogP contribution in [0.2, 0.25) is 5.15 Å². The summed E-state index contributed by atoms with van der Waals surface area (Å²) in [5, 5.41) is 0.386. The molecular formula is C15H19ClN4O2. The van der Waals surface area contributed by atoms with E-state index in [4.69, 9.17) is 17.3 Å². The lowest BCUT2D eigenvalue weighted by Crippen LogP contribution is -2.56. The molecule has 1 aromatic rings. The number of rotatable bonds is 3. The Bertz CT molecular complexity index is 595. The third kappa shape index (κ3) is 2.92. The highest BCUT2D eigenvalue weighted by atomic mass is 35.5. The minimum Gasteiger partial charge on any atom is -0.369 e. The molecule has 2 amide bonds. The van der Waals surface area contributed by atoms with E-state index >= 15 is 0 Å². The summed E-state index contributed by atoms with van der Waals surface area (Å²) >= 11 is 6.10. The SMILES string of the molecule is NC(=O)C1CC(Cc2nccnc2Cl)C2CCCC(=O)N2C1. The minimum absolute atomic E-state index is 0.123. The molecule has 1 aromatic heterocycles. The van der Waals surface area contributed by atoms with Gasteiger partial charge >= 0.3 is 0 Å². The average Bonchev–Trinajstić information content (AvgIpc) is 2.50. The number of hydrogen-bond acceptors (Lipinski definition) is 4. The highest BCUT2D eigenvalue weighted by molar-refractivity contribution is 6.29. The molecule has 0 spiro atoms. The first-order valence-electron chi connectivity index (χ1n) is 7.60. The van der Waals surface area contributed by atoms with Crippen molar-refractivity contribution in [3.05, 3.63) is 23.2 Å². The van der Waals surface area contributed by atoms with Gasteiger partial charge in [-0.1, -0.05) is 11.6 Å². The second-order valence-electron chi connectivity index (χ2n) is 6.10. The van der Waals surface area contributed by atoms with Gasteiger partial charge in [0.2, 0.25) is 11.8 Å². The van der Waals surface area contributed by atoms with Crippen LogP contribution in [0.5, 0.6) is 0 Å². The van der Waals surface area contributed by atoms with Crippen LogP contribution < -0.4 is 5.73 Å². The van der Waals surface area contributed by atoms with Gasteiger partial charge in [-0.3, -0.25) is 14.6 Å². The number of carbonyl (C=O) groups is 2. The van der Waals surface area contributed by atoms with Crippen molar-refractivity contribution in [2.75, 3.05) is 6.54 Å². The number of nitrogens with zero attached hydrogens (tertiary/aromatic N) is 3. The highest BCUT2D eigenvalue weighted by Gasteiger charge is 2.42. The van der Waals surface area contributed by atoms with E-state index in [1.54, 1.807) is 12.4 Å². The molecule has 3 rings (SSSR count). The predicted octanol–water partition coefficient (Wildman–Crippen LogP) is 1.17. The Hall–Kier alpha value is -1.69. The number of carbonyl (C=O) groups excluding carboxylic acids is 2. The van der Waals surface area contributed by atoms with Crippen LogP contribution >= 0.6 is 11.6 Å². The summed E-state index contributed by atoms with van der Waals surface area (Å²) in [6.45, 7) is 0.448. The van der Waals surface area contributed by atoms with E-state index in [1.807, 2.05) is 4.90 Å². The highest BCUT2D eigenvalue weighted by Crippen LogP contribution is 2.36. The molecule has 0 aromatic carbocycles. The predicted molar refractivity (Wildman–Crippen MR) is 80.9 cm³/mol. The summed E-state index contributed by atoms with van der Waals surface area (Å²) in [5.74, 6) is -0.368. The maximum absolute atomic E-state index is 12.2. The molecule has 3 heterocycles. The maximum atomic E-state index is 12.2. The molecule has 3 unspecified atom stereocenters. The van der Waals surface area contributed by atoms with Gasteiger partial charge in [0.1, 0.15) is 5.15 Å². The number of amides is 2.